The number of nitrogens with zero attached hydrogens (tertiary/aromatic N) is 1. The number of hydrogen-bond acceptors (Lipinski definition) is 4. The molecular formula is C29H50N2O3. The highest BCUT2D eigenvalue weighted by molar-refractivity contribution is 5.75. The van der Waals surface area contributed by atoms with Crippen LogP contribution in [0.3, 0.4) is 0 Å². The molecule has 2 N–H and O–H groups in total. The third kappa shape index (κ3) is 14.1. The summed E-state index contributed by atoms with van der Waals surface area (Å²) in [7, 11) is 0. The Morgan fingerprint density at radius 3 is 2.29 bits per heavy atom. The maximum Gasteiger partial charge on any atom is 0.221 e. The monoisotopic (exact) mass is 474 g/mol. The number of rotatable bonds is 19. The Kier molecular flexibility index (Phi) is 16.0. The van der Waals surface area contributed by atoms with E-state index in [-0.39, 0.29) is 5.91 Å². The van der Waals surface area contributed by atoms with Gasteiger partial charge in [0.2, 0.25) is 5.91 Å². The second kappa shape index (κ2) is 18.8. The van der Waals surface area contributed by atoms with Crippen LogP contribution >= 0.6 is 0 Å². The van der Waals surface area contributed by atoms with Gasteiger partial charge in [-0.05, 0) is 24.3 Å². The standard InChI is InChI=1S/C29H50N2O3/c1-2-3-14-26(25-27-16-11-9-12-17-27)15-10-7-5-4-6-8-13-18-28(32)30-29(33)19-20-31-21-23-34-24-22-31/h9,11-12,16-17,26,29,33H,2-8,10,13-15,18-25H2,1H3,(H,30,32). The topological polar surface area (TPSA) is 61.8 Å². The summed E-state index contributed by atoms with van der Waals surface area (Å²) < 4.78 is 5.33. The minimum atomic E-state index is -0.738. The summed E-state index contributed by atoms with van der Waals surface area (Å²) in [4.78, 5) is 14.3. The molecule has 194 valence electrons. The normalized spacial score (nSPS) is 16.3. The lowest BCUT2D eigenvalue weighted by Crippen LogP contribution is -2.41. The van der Waals surface area contributed by atoms with Gasteiger partial charge >= 0.3 is 0 Å². The number of ether oxygens (including phenoxy) is 1. The minimum Gasteiger partial charge on any atom is -0.379 e. The fraction of sp³-hybridized carbons (Fsp3) is 0.759. The Labute approximate surface area is 208 Å². The van der Waals surface area contributed by atoms with Gasteiger partial charge in [0, 0.05) is 32.5 Å². The van der Waals surface area contributed by atoms with Crippen molar-refractivity contribution in [3.05, 3.63) is 35.9 Å². The van der Waals surface area contributed by atoms with Crippen LogP contribution < -0.4 is 5.32 Å². The van der Waals surface area contributed by atoms with E-state index in [1.165, 1.54) is 69.8 Å². The number of aliphatic hydroxyl groups is 1. The second-order valence-electron chi connectivity index (χ2n) is 10.0. The van der Waals surface area contributed by atoms with Gasteiger partial charge in [-0.1, -0.05) is 101 Å². The zero-order chi connectivity index (χ0) is 24.3. The number of morpholine rings is 1. The highest BCUT2D eigenvalue weighted by Gasteiger charge is 2.14. The lowest BCUT2D eigenvalue weighted by Gasteiger charge is -2.27. The molecule has 0 spiro atoms. The molecule has 34 heavy (non-hydrogen) atoms. The molecule has 1 aromatic carbocycles. The molecule has 1 fully saturated rings. The molecule has 0 aliphatic carbocycles. The van der Waals surface area contributed by atoms with Gasteiger partial charge in [-0.2, -0.15) is 0 Å². The second-order valence-corrected chi connectivity index (χ2v) is 10.0. The number of unbranched alkanes of at least 4 members (excludes halogenated alkanes) is 7. The maximum absolute atomic E-state index is 12.0. The predicted molar refractivity (Wildman–Crippen MR) is 141 cm³/mol. The smallest absolute Gasteiger partial charge is 0.221 e. The third-order valence-electron chi connectivity index (χ3n) is 7.00. The largest absolute Gasteiger partial charge is 0.379 e. The van der Waals surface area contributed by atoms with Crippen LogP contribution in [0.2, 0.25) is 0 Å². The first kappa shape index (κ1) is 28.8. The average molecular weight is 475 g/mol. The summed E-state index contributed by atoms with van der Waals surface area (Å²) in [6.07, 6.45) is 15.4. The summed E-state index contributed by atoms with van der Waals surface area (Å²) >= 11 is 0. The summed E-state index contributed by atoms with van der Waals surface area (Å²) in [6.45, 7) is 6.43. The van der Waals surface area contributed by atoms with Gasteiger partial charge in [0.15, 0.2) is 0 Å². The van der Waals surface area contributed by atoms with Crippen LogP contribution in [-0.2, 0) is 16.0 Å². The lowest BCUT2D eigenvalue weighted by atomic mass is 9.89. The van der Waals surface area contributed by atoms with Crippen LogP contribution in [-0.4, -0.2) is 55.0 Å². The van der Waals surface area contributed by atoms with E-state index >= 15 is 0 Å². The van der Waals surface area contributed by atoms with Crippen molar-refractivity contribution in [3.8, 4) is 0 Å². The van der Waals surface area contributed by atoms with E-state index in [1.807, 2.05) is 0 Å². The zero-order valence-electron chi connectivity index (χ0n) is 21.7. The Balaban J connectivity index is 1.43. The molecule has 1 amide bonds. The van der Waals surface area contributed by atoms with E-state index in [4.69, 9.17) is 4.74 Å². The molecule has 0 bridgehead atoms. The number of aliphatic hydroxyl groups excluding tert-OH is 1. The van der Waals surface area contributed by atoms with Gasteiger partial charge in [0.1, 0.15) is 6.23 Å². The Hall–Kier alpha value is -1.43. The number of hydrogen-bond donors (Lipinski definition) is 2. The fourth-order valence-corrected chi connectivity index (χ4v) is 4.85. The first-order valence-electron chi connectivity index (χ1n) is 14.0. The van der Waals surface area contributed by atoms with Crippen LogP contribution in [0.25, 0.3) is 0 Å². The fourth-order valence-electron chi connectivity index (χ4n) is 4.85. The van der Waals surface area contributed by atoms with E-state index in [0.717, 1.165) is 51.6 Å². The third-order valence-corrected chi connectivity index (χ3v) is 7.00. The van der Waals surface area contributed by atoms with Crippen molar-refractivity contribution in [2.75, 3.05) is 32.8 Å². The van der Waals surface area contributed by atoms with Crippen molar-refractivity contribution in [1.82, 2.24) is 10.2 Å². The predicted octanol–water partition coefficient (Wildman–Crippen LogP) is 5.70. The average Bonchev–Trinajstić information content (AvgIpc) is 2.86. The molecule has 0 aromatic heterocycles. The van der Waals surface area contributed by atoms with Gasteiger partial charge in [0.25, 0.3) is 0 Å². The molecule has 0 saturated carbocycles. The van der Waals surface area contributed by atoms with Crippen LogP contribution in [0.1, 0.15) is 96.0 Å². The van der Waals surface area contributed by atoms with Gasteiger partial charge in [0.05, 0.1) is 13.2 Å². The van der Waals surface area contributed by atoms with E-state index in [0.29, 0.717) is 12.8 Å². The Bertz CT molecular complexity index is 619. The molecule has 1 aromatic rings. The molecule has 2 unspecified atom stereocenters. The summed E-state index contributed by atoms with van der Waals surface area (Å²) in [6, 6.07) is 11.0. The number of amides is 1. The van der Waals surface area contributed by atoms with Crippen molar-refractivity contribution < 1.29 is 14.6 Å². The van der Waals surface area contributed by atoms with E-state index in [2.05, 4.69) is 47.5 Å². The van der Waals surface area contributed by atoms with Crippen LogP contribution in [0.5, 0.6) is 0 Å². The van der Waals surface area contributed by atoms with E-state index < -0.39 is 6.23 Å². The van der Waals surface area contributed by atoms with E-state index in [1.54, 1.807) is 0 Å². The molecule has 0 radical (unpaired) electrons. The van der Waals surface area contributed by atoms with Crippen LogP contribution in [0, 0.1) is 5.92 Å². The lowest BCUT2D eigenvalue weighted by molar-refractivity contribution is -0.124. The number of nitrogens with one attached hydrogen (secondary N) is 1. The van der Waals surface area contributed by atoms with Gasteiger partial charge < -0.3 is 15.2 Å². The molecule has 1 saturated heterocycles. The van der Waals surface area contributed by atoms with Gasteiger partial charge in [-0.3, -0.25) is 9.69 Å². The van der Waals surface area contributed by atoms with Crippen molar-refractivity contribution in [3.63, 3.8) is 0 Å². The van der Waals surface area contributed by atoms with Crippen molar-refractivity contribution in [2.24, 2.45) is 5.92 Å². The molecule has 1 heterocycles. The van der Waals surface area contributed by atoms with E-state index in [9.17, 15) is 9.90 Å². The SMILES string of the molecule is CCCCC(CCCCCCCCCC(=O)NC(O)CCN1CCOCC1)Cc1ccccc1. The maximum atomic E-state index is 12.0. The molecule has 2 atom stereocenters. The summed E-state index contributed by atoms with van der Waals surface area (Å²) in [5.74, 6) is 0.802. The summed E-state index contributed by atoms with van der Waals surface area (Å²) in [5, 5.41) is 12.8. The van der Waals surface area contributed by atoms with Crippen LogP contribution in [0.4, 0.5) is 0 Å². The zero-order valence-corrected chi connectivity index (χ0v) is 21.7. The van der Waals surface area contributed by atoms with Crippen molar-refractivity contribution >= 4 is 5.91 Å². The molecule has 1 aliphatic rings. The first-order chi connectivity index (χ1) is 16.7. The highest BCUT2D eigenvalue weighted by atomic mass is 16.5. The Morgan fingerprint density at radius 1 is 0.941 bits per heavy atom. The van der Waals surface area contributed by atoms with Crippen molar-refractivity contribution in [1.29, 1.82) is 0 Å². The molecular weight excluding hydrogens is 424 g/mol. The van der Waals surface area contributed by atoms with Crippen LogP contribution in [0.15, 0.2) is 30.3 Å². The minimum absolute atomic E-state index is 0.0222. The molecule has 2 rings (SSSR count). The number of carbonyl (C=O) groups is 1. The highest BCUT2D eigenvalue weighted by Crippen LogP contribution is 2.22. The quantitative estimate of drug-likeness (QED) is 0.199. The van der Waals surface area contributed by atoms with Gasteiger partial charge in [-0.15, -0.1) is 0 Å². The Morgan fingerprint density at radius 2 is 1.59 bits per heavy atom. The number of benzene rings is 1. The molecule has 5 heteroatoms. The van der Waals surface area contributed by atoms with Crippen molar-refractivity contribution in [2.45, 2.75) is 103 Å². The molecule has 1 aliphatic heterocycles. The van der Waals surface area contributed by atoms with Gasteiger partial charge in [-0.25, -0.2) is 0 Å². The molecule has 5 nitrogen and oxygen atoms in total. The number of carbonyl (C=O) groups excluding carboxylic acids is 1. The first-order valence-corrected chi connectivity index (χ1v) is 14.0. The summed E-state index contributed by atoms with van der Waals surface area (Å²) in [5.41, 5.74) is 1.48.